The molecule has 6 aromatic rings. The summed E-state index contributed by atoms with van der Waals surface area (Å²) in [5.41, 5.74) is -8.14. The predicted octanol–water partition coefficient (Wildman–Crippen LogP) is 9.07. The summed E-state index contributed by atoms with van der Waals surface area (Å²) in [7, 11) is -0.301. The molecule has 1 saturated heterocycles. The van der Waals surface area contributed by atoms with Crippen LogP contribution in [0.15, 0.2) is 97.6 Å². The molecule has 2 unspecified atom stereocenters. The third kappa shape index (κ3) is 7.85. The number of fused-ring (bicyclic) bond motifs is 6. The van der Waals surface area contributed by atoms with Crippen LogP contribution >= 0.6 is 11.6 Å². The molecule has 66 heavy (non-hydrogen) atoms. The Balaban J connectivity index is 0.000000153. The van der Waals surface area contributed by atoms with E-state index in [2.05, 4.69) is 44.8 Å². The van der Waals surface area contributed by atoms with Gasteiger partial charge in [0.15, 0.2) is 0 Å². The molecule has 0 saturated carbocycles. The summed E-state index contributed by atoms with van der Waals surface area (Å²) in [6.07, 6.45) is -3.20. The van der Waals surface area contributed by atoms with E-state index in [0.29, 0.717) is 12.1 Å². The molecule has 2 aromatic heterocycles. The summed E-state index contributed by atoms with van der Waals surface area (Å²) in [6.45, 7) is 13.5. The van der Waals surface area contributed by atoms with Crippen LogP contribution in [0.3, 0.4) is 0 Å². The van der Waals surface area contributed by atoms with Crippen molar-refractivity contribution in [2.24, 2.45) is 0 Å². The van der Waals surface area contributed by atoms with Gasteiger partial charge in [-0.05, 0) is 82.5 Å². The van der Waals surface area contributed by atoms with Crippen molar-refractivity contribution < 1.29 is 65.7 Å². The van der Waals surface area contributed by atoms with Gasteiger partial charge in [0.1, 0.15) is 0 Å². The van der Waals surface area contributed by atoms with E-state index in [1.165, 1.54) is 60.8 Å². The molecule has 1 aliphatic heterocycles. The van der Waals surface area contributed by atoms with Gasteiger partial charge in [-0.3, -0.25) is 9.36 Å². The quantitative estimate of drug-likeness (QED) is 0.0934. The Labute approximate surface area is 379 Å². The van der Waals surface area contributed by atoms with Crippen molar-refractivity contribution in [1.29, 1.82) is 0 Å². The number of rotatable bonds is 6. The second kappa shape index (κ2) is 16.7. The Morgan fingerprint density at radius 3 is 1.53 bits per heavy atom. The van der Waals surface area contributed by atoms with E-state index in [9.17, 15) is 56.4 Å². The number of nitrogens with zero attached hydrogens (tertiary/aromatic N) is 4. The molecule has 3 aliphatic rings. The van der Waals surface area contributed by atoms with Gasteiger partial charge in [-0.15, -0.1) is 0 Å². The zero-order valence-corrected chi connectivity index (χ0v) is 36.8. The Kier molecular flexibility index (Phi) is 12.1. The molecule has 346 valence electrons. The number of alkyl halides is 6. The van der Waals surface area contributed by atoms with E-state index >= 15 is 0 Å². The first-order chi connectivity index (χ1) is 30.7. The number of aromatic carboxylic acids is 2. The third-order valence-corrected chi connectivity index (χ3v) is 12.5. The third-order valence-electron chi connectivity index (χ3n) is 12.3. The number of hydrogen-bond acceptors (Lipinski definition) is 8. The lowest BCUT2D eigenvalue weighted by atomic mass is 9.82. The van der Waals surface area contributed by atoms with E-state index in [0.717, 1.165) is 30.2 Å². The summed E-state index contributed by atoms with van der Waals surface area (Å²) >= 11 is 5.75. The predicted molar refractivity (Wildman–Crippen MR) is 231 cm³/mol. The van der Waals surface area contributed by atoms with E-state index in [4.69, 9.17) is 20.9 Å². The number of carboxylic acid groups (broad SMARTS) is 2. The van der Waals surface area contributed by atoms with Crippen molar-refractivity contribution in [2.45, 2.75) is 89.4 Å². The van der Waals surface area contributed by atoms with Crippen molar-refractivity contribution in [2.75, 3.05) is 0 Å². The number of carbonyl (C=O) groups is 2. The smallest absolute Gasteiger partial charge is 0.478 e. The summed E-state index contributed by atoms with van der Waals surface area (Å²) < 4.78 is 97.9. The fraction of sp³-hybridized carbons (Fsp3) is 0.304. The normalized spacial score (nSPS) is 19.7. The van der Waals surface area contributed by atoms with Gasteiger partial charge >= 0.3 is 31.4 Å². The van der Waals surface area contributed by atoms with Crippen LogP contribution in [0.2, 0.25) is 5.02 Å². The average Bonchev–Trinajstić information content (AvgIpc) is 4.07. The molecule has 4 aromatic carbocycles. The highest BCUT2D eigenvalue weighted by atomic mass is 35.5. The van der Waals surface area contributed by atoms with Crippen LogP contribution in [0, 0.1) is 0 Å². The van der Waals surface area contributed by atoms with Crippen LogP contribution in [0.5, 0.6) is 0 Å². The number of benzene rings is 4. The van der Waals surface area contributed by atoms with Gasteiger partial charge < -0.3 is 29.7 Å². The molecule has 2 atom stereocenters. The van der Waals surface area contributed by atoms with Gasteiger partial charge in [-0.1, -0.05) is 60.1 Å². The minimum absolute atomic E-state index is 0.0337. The molecule has 0 spiro atoms. The number of carboxylic acids is 2. The summed E-state index contributed by atoms with van der Waals surface area (Å²) in [6, 6.07) is 15.3. The van der Waals surface area contributed by atoms with Crippen molar-refractivity contribution >= 4 is 36.1 Å². The highest BCUT2D eigenvalue weighted by molar-refractivity contribution is 6.62. The lowest BCUT2D eigenvalue weighted by Gasteiger charge is -2.32. The fourth-order valence-electron chi connectivity index (χ4n) is 8.18. The Bertz CT molecular complexity index is 2860. The molecule has 3 heterocycles. The van der Waals surface area contributed by atoms with Crippen LogP contribution in [0.1, 0.15) is 84.5 Å². The Morgan fingerprint density at radius 2 is 1.09 bits per heavy atom. The standard InChI is InChI=1S/C20H15F3N2O3.C15H8ClF3O3.C11H19BN2O2/c1-2-25-10-12(9-24-25)11-7-14(18(26)27)17-13-5-3-4-6-15(13)19(28,16(17)8-11)20(21,22)23;16-7-5-9(13(20)21)12-8-3-1-2-4-10(8)14(22,11(12)6-7)15(17,18)19;1-6-14-8-9(7-13-14)12-15-10(2,3)11(4,5)16-12/h3-10,28H,2H2,1H3,(H,26,27);1-6,22H,(H,20,21);7-8H,6H2,1-5H3. The lowest BCUT2D eigenvalue weighted by Crippen LogP contribution is -2.41. The first-order valence-corrected chi connectivity index (χ1v) is 20.8. The van der Waals surface area contributed by atoms with E-state index < -0.39 is 52.2 Å². The number of aromatic nitrogens is 4. The minimum Gasteiger partial charge on any atom is -0.478 e. The average molecular weight is 939 g/mol. The van der Waals surface area contributed by atoms with Crippen LogP contribution in [-0.4, -0.2) is 82.6 Å². The number of hydrogen-bond donors (Lipinski definition) is 4. The highest BCUT2D eigenvalue weighted by Gasteiger charge is 2.63. The molecule has 1 fully saturated rings. The Morgan fingerprint density at radius 1 is 0.652 bits per heavy atom. The van der Waals surface area contributed by atoms with Gasteiger partial charge in [-0.2, -0.15) is 36.5 Å². The second-order valence-electron chi connectivity index (χ2n) is 16.7. The monoisotopic (exact) mass is 938 g/mol. The molecule has 0 bridgehead atoms. The summed E-state index contributed by atoms with van der Waals surface area (Å²) in [5, 5.41) is 48.3. The van der Waals surface area contributed by atoms with Crippen molar-refractivity contribution in [3.8, 4) is 33.4 Å². The van der Waals surface area contributed by atoms with Crippen molar-refractivity contribution in [1.82, 2.24) is 19.6 Å². The zero-order valence-electron chi connectivity index (χ0n) is 36.1. The molecule has 9 rings (SSSR count). The largest absolute Gasteiger partial charge is 0.498 e. The van der Waals surface area contributed by atoms with Crippen molar-refractivity contribution in [3.63, 3.8) is 0 Å². The fourth-order valence-corrected chi connectivity index (χ4v) is 8.40. The molecule has 0 amide bonds. The molecular formula is C46H42BClF6N4O8. The van der Waals surface area contributed by atoms with Gasteiger partial charge in [0.25, 0.3) is 0 Å². The topological polar surface area (TPSA) is 169 Å². The summed E-state index contributed by atoms with van der Waals surface area (Å²) in [5.74, 6) is -2.79. The van der Waals surface area contributed by atoms with Gasteiger partial charge in [-0.25, -0.2) is 9.59 Å². The van der Waals surface area contributed by atoms with Gasteiger partial charge in [0.05, 0.1) is 28.5 Å². The molecule has 0 radical (unpaired) electrons. The highest BCUT2D eigenvalue weighted by Crippen LogP contribution is 2.58. The Hall–Kier alpha value is -5.99. The van der Waals surface area contributed by atoms with Gasteiger partial charge in [0, 0.05) is 81.1 Å². The second-order valence-corrected chi connectivity index (χ2v) is 17.2. The van der Waals surface area contributed by atoms with Gasteiger partial charge in [0.2, 0.25) is 11.2 Å². The van der Waals surface area contributed by atoms with Crippen LogP contribution in [0.4, 0.5) is 26.3 Å². The molecule has 20 heteroatoms. The maximum atomic E-state index is 14.0. The zero-order chi connectivity index (χ0) is 48.5. The van der Waals surface area contributed by atoms with Crippen LogP contribution < -0.4 is 5.46 Å². The van der Waals surface area contributed by atoms with Crippen LogP contribution in [-0.2, 0) is 33.6 Å². The van der Waals surface area contributed by atoms with E-state index in [1.54, 1.807) is 10.9 Å². The van der Waals surface area contributed by atoms with E-state index in [1.807, 2.05) is 24.0 Å². The minimum atomic E-state index is -5.03. The first-order valence-electron chi connectivity index (χ1n) is 20.4. The van der Waals surface area contributed by atoms with E-state index in [-0.39, 0.29) is 67.9 Å². The molecule has 4 N–H and O–H groups in total. The number of halogens is 7. The van der Waals surface area contributed by atoms with Crippen molar-refractivity contribution in [3.05, 3.63) is 136 Å². The number of aliphatic hydroxyl groups is 2. The SMILES string of the molecule is CCn1cc(-c2cc(C(=O)O)c3c(c2)C(O)(C(F)(F)F)c2ccccc2-3)cn1.CCn1cc(B2OC(C)(C)C(C)(C)O2)cn1.O=C(O)c1cc(Cl)cc2c1-c1ccccc1C2(O)C(F)(F)F. The lowest BCUT2D eigenvalue weighted by molar-refractivity contribution is -0.247. The molecule has 2 aliphatic carbocycles. The maximum absolute atomic E-state index is 14.0. The molecule has 12 nitrogen and oxygen atoms in total. The maximum Gasteiger partial charge on any atom is 0.498 e. The number of aryl methyl sites for hydroxylation is 2. The first kappa shape index (κ1) is 48.0. The van der Waals surface area contributed by atoms with Crippen LogP contribution in [0.25, 0.3) is 33.4 Å². The summed E-state index contributed by atoms with van der Waals surface area (Å²) in [4.78, 5) is 23.3. The molecular weight excluding hydrogens is 897 g/mol.